The number of rotatable bonds is 2. The highest BCUT2D eigenvalue weighted by Gasteiger charge is 1.97. The van der Waals surface area contributed by atoms with Crippen LogP contribution in [0.5, 0.6) is 0 Å². The van der Waals surface area contributed by atoms with Gasteiger partial charge in [0.05, 0.1) is 6.42 Å². The molecule has 0 unspecified atom stereocenters. The lowest BCUT2D eigenvalue weighted by Crippen LogP contribution is -1.87. The van der Waals surface area contributed by atoms with Crippen molar-refractivity contribution in [3.8, 4) is 0 Å². The Morgan fingerprint density at radius 2 is 2.56 bits per heavy atom. The molecule has 1 aromatic rings. The second kappa shape index (κ2) is 3.31. The van der Waals surface area contributed by atoms with Gasteiger partial charge in [-0.25, -0.2) is 0 Å². The SMILES string of the molecule is O=C(I)Cc1cccs1. The Hall–Kier alpha value is 0.1000. The topological polar surface area (TPSA) is 17.1 Å². The van der Waals surface area contributed by atoms with Gasteiger partial charge >= 0.3 is 0 Å². The normalized spacial score (nSPS) is 9.44. The van der Waals surface area contributed by atoms with Crippen LogP contribution in [-0.2, 0) is 11.2 Å². The summed E-state index contributed by atoms with van der Waals surface area (Å²) in [6.45, 7) is 0. The van der Waals surface area contributed by atoms with E-state index in [-0.39, 0.29) is 3.79 Å². The number of carbonyl (C=O) groups is 1. The molecule has 0 amide bonds. The van der Waals surface area contributed by atoms with Crippen molar-refractivity contribution in [3.05, 3.63) is 22.4 Å². The van der Waals surface area contributed by atoms with Crippen molar-refractivity contribution in [1.82, 2.24) is 0 Å². The van der Waals surface area contributed by atoms with E-state index in [0.717, 1.165) is 4.88 Å². The fraction of sp³-hybridized carbons (Fsp3) is 0.167. The van der Waals surface area contributed by atoms with Gasteiger partial charge in [0.15, 0.2) is 3.79 Å². The first-order valence-corrected chi connectivity index (χ1v) is 4.45. The Labute approximate surface area is 71.2 Å². The molecule has 9 heavy (non-hydrogen) atoms. The van der Waals surface area contributed by atoms with Crippen molar-refractivity contribution in [2.45, 2.75) is 6.42 Å². The molecule has 1 heterocycles. The summed E-state index contributed by atoms with van der Waals surface area (Å²) in [5, 5.41) is 1.98. The van der Waals surface area contributed by atoms with Crippen LogP contribution >= 0.6 is 33.9 Å². The van der Waals surface area contributed by atoms with Crippen LogP contribution in [0.2, 0.25) is 0 Å². The third kappa shape index (κ3) is 2.45. The molecule has 0 aliphatic rings. The molecule has 0 fully saturated rings. The third-order valence-electron chi connectivity index (χ3n) is 0.893. The molecule has 0 bridgehead atoms. The number of carbonyl (C=O) groups excluding carboxylic acids is 1. The van der Waals surface area contributed by atoms with Crippen LogP contribution in [0.15, 0.2) is 17.5 Å². The predicted octanol–water partition coefficient (Wildman–Crippen LogP) is 2.25. The molecule has 1 aromatic heterocycles. The van der Waals surface area contributed by atoms with Crippen LogP contribution in [-0.4, -0.2) is 3.79 Å². The van der Waals surface area contributed by atoms with E-state index >= 15 is 0 Å². The largest absolute Gasteiger partial charge is 0.287 e. The maximum atomic E-state index is 10.5. The molecule has 1 nitrogen and oxygen atoms in total. The second-order valence-electron chi connectivity index (χ2n) is 1.61. The average molecular weight is 252 g/mol. The standard InChI is InChI=1S/C6H5IOS/c7-6(8)4-5-2-1-3-9-5/h1-3H,4H2. The second-order valence-corrected chi connectivity index (χ2v) is 3.85. The van der Waals surface area contributed by atoms with Crippen molar-refractivity contribution in [3.63, 3.8) is 0 Å². The van der Waals surface area contributed by atoms with Crippen LogP contribution in [0.4, 0.5) is 0 Å². The minimum atomic E-state index is 0.204. The van der Waals surface area contributed by atoms with Crippen molar-refractivity contribution in [1.29, 1.82) is 0 Å². The molecule has 0 radical (unpaired) electrons. The molecule has 0 saturated carbocycles. The lowest BCUT2D eigenvalue weighted by atomic mass is 10.4. The third-order valence-corrected chi connectivity index (χ3v) is 2.15. The van der Waals surface area contributed by atoms with Crippen molar-refractivity contribution < 1.29 is 4.79 Å². The Morgan fingerprint density at radius 3 is 3.00 bits per heavy atom. The Morgan fingerprint density at radius 1 is 1.78 bits per heavy atom. The van der Waals surface area contributed by atoms with Gasteiger partial charge in [0.25, 0.3) is 0 Å². The van der Waals surface area contributed by atoms with E-state index in [0.29, 0.717) is 6.42 Å². The molecule has 1 rings (SSSR count). The van der Waals surface area contributed by atoms with Gasteiger partial charge < -0.3 is 0 Å². The molecule has 0 spiro atoms. The monoisotopic (exact) mass is 252 g/mol. The quantitative estimate of drug-likeness (QED) is 0.582. The van der Waals surface area contributed by atoms with Gasteiger partial charge in [-0.2, -0.15) is 0 Å². The van der Waals surface area contributed by atoms with Crippen molar-refractivity contribution in [2.75, 3.05) is 0 Å². The van der Waals surface area contributed by atoms with Gasteiger partial charge in [-0.1, -0.05) is 6.07 Å². The van der Waals surface area contributed by atoms with E-state index in [2.05, 4.69) is 0 Å². The Kier molecular flexibility index (Phi) is 2.65. The summed E-state index contributed by atoms with van der Waals surface area (Å²) in [5.41, 5.74) is 0. The molecule has 0 N–H and O–H groups in total. The summed E-state index contributed by atoms with van der Waals surface area (Å²) in [5.74, 6) is 0. The van der Waals surface area contributed by atoms with Gasteiger partial charge in [-0.3, -0.25) is 4.79 Å². The van der Waals surface area contributed by atoms with Gasteiger partial charge in [0.2, 0.25) is 0 Å². The summed E-state index contributed by atoms with van der Waals surface area (Å²) < 4.78 is 0.204. The smallest absolute Gasteiger partial charge is 0.197 e. The Balaban J connectivity index is 2.58. The number of thiophene rings is 1. The van der Waals surface area contributed by atoms with Gasteiger partial charge in [-0.05, 0) is 34.0 Å². The lowest BCUT2D eigenvalue weighted by Gasteiger charge is -1.84. The number of hydrogen-bond donors (Lipinski definition) is 0. The predicted molar refractivity (Wildman–Crippen MR) is 47.1 cm³/mol. The molecule has 0 aliphatic carbocycles. The van der Waals surface area contributed by atoms with Crippen LogP contribution in [0.1, 0.15) is 4.88 Å². The van der Waals surface area contributed by atoms with Crippen molar-refractivity contribution in [2.24, 2.45) is 0 Å². The molecule has 48 valence electrons. The Bertz CT molecular complexity index is 193. The van der Waals surface area contributed by atoms with E-state index in [9.17, 15) is 4.79 Å². The first-order valence-electron chi connectivity index (χ1n) is 2.50. The molecule has 3 heteroatoms. The highest BCUT2D eigenvalue weighted by molar-refractivity contribution is 14.1. The lowest BCUT2D eigenvalue weighted by molar-refractivity contribution is -0.108. The summed E-state index contributed by atoms with van der Waals surface area (Å²) in [6.07, 6.45) is 0.582. The zero-order valence-corrected chi connectivity index (χ0v) is 7.61. The highest BCUT2D eigenvalue weighted by atomic mass is 127. The fourth-order valence-electron chi connectivity index (χ4n) is 0.550. The van der Waals surface area contributed by atoms with Crippen LogP contribution in [0, 0.1) is 0 Å². The average Bonchev–Trinajstić information content (AvgIpc) is 2.15. The summed E-state index contributed by atoms with van der Waals surface area (Å²) in [6, 6.07) is 3.93. The van der Waals surface area contributed by atoms with Crippen LogP contribution < -0.4 is 0 Å². The molecule has 0 saturated heterocycles. The zero-order chi connectivity index (χ0) is 6.69. The van der Waals surface area contributed by atoms with E-state index in [1.807, 2.05) is 40.1 Å². The molecule has 0 aromatic carbocycles. The van der Waals surface area contributed by atoms with Crippen LogP contribution in [0.25, 0.3) is 0 Å². The zero-order valence-electron chi connectivity index (χ0n) is 4.63. The fourth-order valence-corrected chi connectivity index (χ4v) is 1.92. The molecule has 0 atom stereocenters. The molecular formula is C6H5IOS. The molecule has 0 aliphatic heterocycles. The van der Waals surface area contributed by atoms with Gasteiger partial charge in [0, 0.05) is 4.88 Å². The van der Waals surface area contributed by atoms with Gasteiger partial charge in [-0.15, -0.1) is 11.3 Å². The van der Waals surface area contributed by atoms with Gasteiger partial charge in [0.1, 0.15) is 0 Å². The number of hydrogen-bond acceptors (Lipinski definition) is 2. The number of halogens is 1. The van der Waals surface area contributed by atoms with E-state index < -0.39 is 0 Å². The maximum Gasteiger partial charge on any atom is 0.197 e. The maximum absolute atomic E-state index is 10.5. The van der Waals surface area contributed by atoms with Crippen LogP contribution in [0.3, 0.4) is 0 Å². The summed E-state index contributed by atoms with van der Waals surface area (Å²) in [7, 11) is 0. The van der Waals surface area contributed by atoms with E-state index in [4.69, 9.17) is 0 Å². The van der Waals surface area contributed by atoms with E-state index in [1.165, 1.54) is 0 Å². The minimum absolute atomic E-state index is 0.204. The van der Waals surface area contributed by atoms with Crippen molar-refractivity contribution >= 4 is 37.7 Å². The van der Waals surface area contributed by atoms with E-state index in [1.54, 1.807) is 11.3 Å². The highest BCUT2D eigenvalue weighted by Crippen LogP contribution is 2.10. The summed E-state index contributed by atoms with van der Waals surface area (Å²) in [4.78, 5) is 11.7. The first-order chi connectivity index (χ1) is 4.29. The minimum Gasteiger partial charge on any atom is -0.287 e. The molecular weight excluding hydrogens is 247 g/mol. The first kappa shape index (κ1) is 7.21. The summed E-state index contributed by atoms with van der Waals surface area (Å²) >= 11 is 3.44.